The molecule has 0 N–H and O–H groups in total. The van der Waals surface area contributed by atoms with Gasteiger partial charge in [0.05, 0.1) is 30.7 Å². The summed E-state index contributed by atoms with van der Waals surface area (Å²) >= 11 is 0. The van der Waals surface area contributed by atoms with E-state index >= 15 is 0 Å². The summed E-state index contributed by atoms with van der Waals surface area (Å²) in [5.41, 5.74) is 1.15. The summed E-state index contributed by atoms with van der Waals surface area (Å²) in [6.45, 7) is 2.29. The molecule has 6 nitrogen and oxygen atoms in total. The number of hydrogen-bond acceptors (Lipinski definition) is 4. The summed E-state index contributed by atoms with van der Waals surface area (Å²) in [7, 11) is 0. The fourth-order valence-electron chi connectivity index (χ4n) is 5.91. The van der Waals surface area contributed by atoms with Crippen molar-refractivity contribution in [3.63, 3.8) is 0 Å². The number of rotatable bonds is 2. The Labute approximate surface area is 163 Å². The van der Waals surface area contributed by atoms with E-state index in [0.29, 0.717) is 49.4 Å². The minimum absolute atomic E-state index is 0.0371. The number of morpholine rings is 1. The minimum atomic E-state index is -0.194. The quantitative estimate of drug-likeness (QED) is 0.581. The lowest BCUT2D eigenvalue weighted by Crippen LogP contribution is -2.40. The van der Waals surface area contributed by atoms with Crippen LogP contribution >= 0.6 is 0 Å². The molecule has 6 atom stereocenters. The van der Waals surface area contributed by atoms with E-state index in [2.05, 4.69) is 12.2 Å². The van der Waals surface area contributed by atoms with Gasteiger partial charge in [-0.05, 0) is 54.4 Å². The second-order valence-electron chi connectivity index (χ2n) is 8.62. The first-order valence-corrected chi connectivity index (χ1v) is 10.2. The Morgan fingerprint density at radius 1 is 0.893 bits per heavy atom. The maximum atomic E-state index is 13.2. The average molecular weight is 378 g/mol. The van der Waals surface area contributed by atoms with Crippen molar-refractivity contribution in [2.45, 2.75) is 6.42 Å². The van der Waals surface area contributed by atoms with Gasteiger partial charge in [0.25, 0.3) is 5.91 Å². The Morgan fingerprint density at radius 3 is 2.04 bits per heavy atom. The van der Waals surface area contributed by atoms with E-state index in [1.165, 1.54) is 4.90 Å². The highest BCUT2D eigenvalue weighted by molar-refractivity contribution is 6.22. The molecule has 2 heterocycles. The molecule has 6 heteroatoms. The molecule has 2 aliphatic heterocycles. The van der Waals surface area contributed by atoms with E-state index in [0.717, 1.165) is 6.42 Å². The summed E-state index contributed by atoms with van der Waals surface area (Å²) in [4.78, 5) is 42.1. The minimum Gasteiger partial charge on any atom is -0.378 e. The van der Waals surface area contributed by atoms with E-state index < -0.39 is 0 Å². The number of ether oxygens (including phenoxy) is 1. The third kappa shape index (κ3) is 2.15. The van der Waals surface area contributed by atoms with Crippen LogP contribution in [-0.4, -0.2) is 48.9 Å². The number of benzene rings is 1. The summed E-state index contributed by atoms with van der Waals surface area (Å²) in [6, 6.07) is 6.91. The van der Waals surface area contributed by atoms with Crippen LogP contribution in [0.15, 0.2) is 36.4 Å². The highest BCUT2D eigenvalue weighted by Gasteiger charge is 2.67. The van der Waals surface area contributed by atoms with Crippen LogP contribution in [0.5, 0.6) is 0 Å². The molecule has 28 heavy (non-hydrogen) atoms. The summed E-state index contributed by atoms with van der Waals surface area (Å²) in [5, 5.41) is 0. The predicted octanol–water partition coefficient (Wildman–Crippen LogP) is 1.72. The van der Waals surface area contributed by atoms with E-state index in [-0.39, 0.29) is 41.4 Å². The van der Waals surface area contributed by atoms with Crippen molar-refractivity contribution in [3.05, 3.63) is 42.0 Å². The smallest absolute Gasteiger partial charge is 0.254 e. The molecule has 0 spiro atoms. The molecule has 4 fully saturated rings. The zero-order valence-corrected chi connectivity index (χ0v) is 15.5. The zero-order valence-electron chi connectivity index (χ0n) is 15.5. The van der Waals surface area contributed by atoms with Gasteiger partial charge in [0.1, 0.15) is 0 Å². The van der Waals surface area contributed by atoms with Crippen LogP contribution in [0.25, 0.3) is 0 Å². The number of nitrogens with zero attached hydrogens (tertiary/aromatic N) is 2. The van der Waals surface area contributed by atoms with Crippen molar-refractivity contribution >= 4 is 23.4 Å². The van der Waals surface area contributed by atoms with Gasteiger partial charge in [-0.25, -0.2) is 0 Å². The average Bonchev–Trinajstić information content (AvgIpc) is 3.52. The molecule has 1 aromatic carbocycles. The molecule has 6 aliphatic rings. The van der Waals surface area contributed by atoms with Crippen molar-refractivity contribution in [1.29, 1.82) is 0 Å². The van der Waals surface area contributed by atoms with Crippen molar-refractivity contribution in [2.24, 2.45) is 35.5 Å². The van der Waals surface area contributed by atoms with Gasteiger partial charge in [-0.3, -0.25) is 19.3 Å². The summed E-state index contributed by atoms with van der Waals surface area (Å²) in [6.07, 6.45) is 5.52. The number of anilines is 1. The molecule has 4 aliphatic carbocycles. The van der Waals surface area contributed by atoms with Gasteiger partial charge in [0.2, 0.25) is 11.8 Å². The van der Waals surface area contributed by atoms with Crippen LogP contribution in [0.1, 0.15) is 16.8 Å². The van der Waals surface area contributed by atoms with Crippen LogP contribution in [-0.2, 0) is 14.3 Å². The predicted molar refractivity (Wildman–Crippen MR) is 100 cm³/mol. The first-order valence-electron chi connectivity index (χ1n) is 10.2. The molecule has 2 saturated heterocycles. The Bertz CT molecular complexity index is 866. The molecule has 0 radical (unpaired) electrons. The van der Waals surface area contributed by atoms with E-state index in [1.54, 1.807) is 29.2 Å². The first kappa shape index (κ1) is 16.5. The van der Waals surface area contributed by atoms with E-state index in [9.17, 15) is 14.4 Å². The number of amides is 3. The molecule has 0 aromatic heterocycles. The van der Waals surface area contributed by atoms with Crippen LogP contribution in [0.3, 0.4) is 0 Å². The monoisotopic (exact) mass is 378 g/mol. The topological polar surface area (TPSA) is 66.9 Å². The second-order valence-corrected chi connectivity index (χ2v) is 8.62. The van der Waals surface area contributed by atoms with Gasteiger partial charge >= 0.3 is 0 Å². The molecular formula is C22H22N2O4. The molecule has 3 amide bonds. The van der Waals surface area contributed by atoms with Gasteiger partial charge in [0, 0.05) is 18.7 Å². The maximum Gasteiger partial charge on any atom is 0.254 e. The normalized spacial score (nSPS) is 37.9. The Morgan fingerprint density at radius 2 is 1.46 bits per heavy atom. The summed E-state index contributed by atoms with van der Waals surface area (Å²) in [5.74, 6) is 1.10. The Balaban J connectivity index is 1.26. The maximum absolute atomic E-state index is 13.2. The summed E-state index contributed by atoms with van der Waals surface area (Å²) < 4.78 is 5.29. The van der Waals surface area contributed by atoms with Gasteiger partial charge in [-0.2, -0.15) is 0 Å². The molecule has 0 unspecified atom stereocenters. The largest absolute Gasteiger partial charge is 0.378 e. The third-order valence-corrected chi connectivity index (χ3v) is 7.33. The molecule has 7 rings (SSSR count). The number of allylic oxidation sites excluding steroid dienone is 2. The van der Waals surface area contributed by atoms with E-state index in [1.807, 2.05) is 0 Å². The standard InChI is InChI=1S/C22H22N2O4/c25-20(23-7-9-28-10-8-23)12-1-3-13(4-2-12)24-21(26)18-14-5-6-15(17-11-16(14)17)19(18)22(24)27/h1-6,14-19H,7-11H2/t14-,15-,16-,17-,18+,19+/m1/s1. The fourth-order valence-corrected chi connectivity index (χ4v) is 5.91. The highest BCUT2D eigenvalue weighted by Crippen LogP contribution is 2.65. The number of hydrogen-bond donors (Lipinski definition) is 0. The molecular weight excluding hydrogens is 356 g/mol. The number of imide groups is 1. The van der Waals surface area contributed by atoms with Crippen molar-refractivity contribution in [2.75, 3.05) is 31.2 Å². The lowest BCUT2D eigenvalue weighted by atomic mass is 9.63. The second kappa shape index (κ2) is 5.77. The Hall–Kier alpha value is -2.47. The van der Waals surface area contributed by atoms with Gasteiger partial charge in [-0.15, -0.1) is 0 Å². The van der Waals surface area contributed by atoms with E-state index in [4.69, 9.17) is 4.74 Å². The fraction of sp³-hybridized carbons (Fsp3) is 0.500. The Kier molecular flexibility index (Phi) is 3.39. The lowest BCUT2D eigenvalue weighted by Gasteiger charge is -2.37. The number of carbonyl (C=O) groups excluding carboxylic acids is 3. The van der Waals surface area contributed by atoms with Crippen LogP contribution < -0.4 is 4.90 Å². The SMILES string of the molecule is O=C(c1ccc(N2C(=O)[C@H]3[C@@H]4C=C[C@H]([C@H]5C[C@H]45)[C@@H]3C2=O)cc1)N1CCOCC1. The zero-order chi connectivity index (χ0) is 19.0. The molecule has 1 aromatic rings. The van der Waals surface area contributed by atoms with Crippen molar-refractivity contribution in [3.8, 4) is 0 Å². The van der Waals surface area contributed by atoms with Crippen LogP contribution in [0.2, 0.25) is 0 Å². The third-order valence-electron chi connectivity index (χ3n) is 7.33. The van der Waals surface area contributed by atoms with Gasteiger partial charge in [0.15, 0.2) is 0 Å². The lowest BCUT2D eigenvalue weighted by molar-refractivity contribution is -0.124. The van der Waals surface area contributed by atoms with Gasteiger partial charge in [-0.1, -0.05) is 12.2 Å². The molecule has 2 saturated carbocycles. The van der Waals surface area contributed by atoms with Crippen molar-refractivity contribution in [1.82, 2.24) is 4.90 Å². The van der Waals surface area contributed by atoms with Crippen LogP contribution in [0.4, 0.5) is 5.69 Å². The van der Waals surface area contributed by atoms with Crippen LogP contribution in [0, 0.1) is 35.5 Å². The molecule has 144 valence electrons. The van der Waals surface area contributed by atoms with Crippen molar-refractivity contribution < 1.29 is 19.1 Å². The van der Waals surface area contributed by atoms with Gasteiger partial charge < -0.3 is 9.64 Å². The molecule has 2 bridgehead atoms. The number of carbonyl (C=O) groups is 3. The highest BCUT2D eigenvalue weighted by atomic mass is 16.5. The first-order chi connectivity index (χ1) is 13.6.